The molecule has 52 heavy (non-hydrogen) atoms. The van der Waals surface area contributed by atoms with Crippen molar-refractivity contribution in [2.24, 2.45) is 16.9 Å². The number of carbonyl (C=O) groups excluding carboxylic acids is 3. The summed E-state index contributed by atoms with van der Waals surface area (Å²) in [6, 6.07) is 9.65. The van der Waals surface area contributed by atoms with Gasteiger partial charge in [-0.05, 0) is 48.7 Å². The van der Waals surface area contributed by atoms with Gasteiger partial charge in [0.1, 0.15) is 18.9 Å². The Balaban J connectivity index is 1.38. The molecule has 1 unspecified atom stereocenters. The summed E-state index contributed by atoms with van der Waals surface area (Å²) < 4.78 is 35.8. The van der Waals surface area contributed by atoms with Gasteiger partial charge in [-0.1, -0.05) is 6.92 Å². The number of aliphatic hydroxyl groups is 1. The van der Waals surface area contributed by atoms with Crippen molar-refractivity contribution < 1.29 is 47.2 Å². The van der Waals surface area contributed by atoms with Crippen molar-refractivity contribution in [3.63, 3.8) is 0 Å². The van der Waals surface area contributed by atoms with Crippen molar-refractivity contribution in [3.05, 3.63) is 90.5 Å². The molecule has 5 rings (SSSR count). The van der Waals surface area contributed by atoms with Crippen LogP contribution in [0.3, 0.4) is 0 Å². The van der Waals surface area contributed by atoms with Crippen LogP contribution in [0.4, 0.5) is 16.2 Å². The van der Waals surface area contributed by atoms with Crippen LogP contribution >= 0.6 is 11.8 Å². The third kappa shape index (κ3) is 8.02. The van der Waals surface area contributed by atoms with Gasteiger partial charge in [-0.3, -0.25) is 29.9 Å². The van der Waals surface area contributed by atoms with E-state index >= 15 is 0 Å². The minimum absolute atomic E-state index is 0.00698. The number of benzene rings is 2. The monoisotopic (exact) mass is 760 g/mol. The fraction of sp³-hybridized carbons (Fsp3) is 0.438. The van der Waals surface area contributed by atoms with Crippen molar-refractivity contribution in [1.82, 2.24) is 14.2 Å². The van der Waals surface area contributed by atoms with Gasteiger partial charge >= 0.3 is 12.1 Å². The molecule has 0 spiro atoms. The van der Waals surface area contributed by atoms with Gasteiger partial charge in [0.25, 0.3) is 11.4 Å². The Morgan fingerprint density at radius 3 is 2.10 bits per heavy atom. The molecule has 278 valence electrons. The number of hydrogen-bond donors (Lipinski definition) is 1. The van der Waals surface area contributed by atoms with Crippen molar-refractivity contribution in [1.29, 1.82) is 0 Å². The average molecular weight is 761 g/mol. The Kier molecular flexibility index (Phi) is 11.2. The number of nitro benzene ring substituents is 2. The summed E-state index contributed by atoms with van der Waals surface area (Å²) >= 11 is 1.25. The largest absolute Gasteiger partial charge is 0.456 e. The number of ether oxygens (including phenoxy) is 2. The lowest BCUT2D eigenvalue weighted by Gasteiger charge is -2.46. The number of non-ortho nitro benzene ring substituents is 2. The Labute approximate surface area is 302 Å². The van der Waals surface area contributed by atoms with Crippen LogP contribution in [-0.2, 0) is 42.3 Å². The minimum atomic E-state index is -3.70. The molecule has 2 saturated heterocycles. The number of nitro groups is 2. The zero-order valence-corrected chi connectivity index (χ0v) is 30.1. The number of nitrogens with zero attached hydrogens (tertiary/aromatic N) is 6. The van der Waals surface area contributed by atoms with Crippen molar-refractivity contribution in [2.75, 3.05) is 19.8 Å². The van der Waals surface area contributed by atoms with Crippen LogP contribution in [0.5, 0.6) is 0 Å². The summed E-state index contributed by atoms with van der Waals surface area (Å²) in [6.45, 7) is 2.96. The third-order valence-electron chi connectivity index (χ3n) is 9.04. The minimum Gasteiger partial charge on any atom is -0.456 e. The van der Waals surface area contributed by atoms with Crippen LogP contribution in [0, 0.1) is 32.1 Å². The highest BCUT2D eigenvalue weighted by Crippen LogP contribution is 2.52. The molecule has 2 fully saturated rings. The average Bonchev–Trinajstić information content (AvgIpc) is 3.60. The molecular formula is C32H36N6O12S2. The van der Waals surface area contributed by atoms with Crippen LogP contribution in [0.15, 0.2) is 64.2 Å². The lowest BCUT2D eigenvalue weighted by Crippen LogP contribution is -2.63. The van der Waals surface area contributed by atoms with E-state index in [4.69, 9.17) is 9.47 Å². The van der Waals surface area contributed by atoms with Gasteiger partial charge in [-0.15, -0.1) is 11.8 Å². The molecule has 3 heterocycles. The number of sulfonamides is 1. The van der Waals surface area contributed by atoms with Crippen molar-refractivity contribution in [3.8, 4) is 0 Å². The number of esters is 1. The molecule has 2 amide bonds. The molecule has 0 radical (unpaired) electrons. The molecule has 2 aromatic carbocycles. The maximum absolute atomic E-state index is 13.7. The zero-order chi connectivity index (χ0) is 38.1. The highest BCUT2D eigenvalue weighted by atomic mass is 32.2. The number of likely N-dealkylation sites (tertiary alicyclic amines) is 1. The first-order chi connectivity index (χ1) is 24.5. The summed E-state index contributed by atoms with van der Waals surface area (Å²) in [5, 5.41) is 36.0. The van der Waals surface area contributed by atoms with E-state index in [-0.39, 0.29) is 43.3 Å². The highest BCUT2D eigenvalue weighted by molar-refractivity contribution is 8.03. The molecule has 3 aliphatic rings. The fourth-order valence-corrected chi connectivity index (χ4v) is 8.00. The second-order valence-corrected chi connectivity index (χ2v) is 15.9. The number of hydrogen-bond acceptors (Lipinski definition) is 14. The fourth-order valence-electron chi connectivity index (χ4n) is 6.24. The lowest BCUT2D eigenvalue weighted by atomic mass is 9.79. The standard InChI is InChI=1S/C32H36N6O12S2/c1-18-27-26(19(2)39)30(40)36(27)28(31(41)49-16-20-5-9-22(10-6-20)37(43)44)29(18)51-25-13-24(14-33-34(3)52(4,47)48)35(15-25)32(42)50-17-21-7-11-23(12-8-21)38(45)46/h5-12,14,18-19,24-27,39H,13,15-17H2,1-4H3/t18-,19?,24+,25+,26-,27-/m1/s1. The smallest absolute Gasteiger partial charge is 0.410 e. The summed E-state index contributed by atoms with van der Waals surface area (Å²) in [7, 11) is -2.46. The van der Waals surface area contributed by atoms with Gasteiger partial charge in [0.2, 0.25) is 15.9 Å². The number of amides is 2. The van der Waals surface area contributed by atoms with E-state index in [1.54, 1.807) is 0 Å². The van der Waals surface area contributed by atoms with Gasteiger partial charge in [0.15, 0.2) is 0 Å². The summed E-state index contributed by atoms with van der Waals surface area (Å²) in [5.74, 6) is -2.42. The maximum Gasteiger partial charge on any atom is 0.410 e. The Bertz CT molecular complexity index is 1920. The second-order valence-electron chi connectivity index (χ2n) is 12.6. The van der Waals surface area contributed by atoms with E-state index in [1.165, 1.54) is 90.3 Å². The Hall–Kier alpha value is -5.08. The van der Waals surface area contributed by atoms with Gasteiger partial charge in [0, 0.05) is 60.1 Å². The van der Waals surface area contributed by atoms with Crippen LogP contribution in [0.25, 0.3) is 0 Å². The first-order valence-electron chi connectivity index (χ1n) is 15.9. The SMILES string of the molecule is CC(O)[C@H]1C(=O)N2C(C(=O)OCc3ccc([N+](=O)[O-])cc3)=C(S[C@H]3C[C@@H](C=NN(C)S(C)(=O)=O)N(C(=O)OCc4ccc([N+](=O)[O-])cc4)C3)[C@H](C)[C@H]12. The van der Waals surface area contributed by atoms with E-state index in [9.17, 15) is 48.1 Å². The van der Waals surface area contributed by atoms with Crippen LogP contribution in [0.1, 0.15) is 31.4 Å². The first-order valence-corrected chi connectivity index (χ1v) is 18.7. The second kappa shape index (κ2) is 15.3. The van der Waals surface area contributed by atoms with E-state index < -0.39 is 73.1 Å². The number of β-lactam (4-membered cyclic amide) rings is 1. The highest BCUT2D eigenvalue weighted by Gasteiger charge is 2.60. The first kappa shape index (κ1) is 38.2. The number of rotatable bonds is 13. The number of thioether (sulfide) groups is 1. The lowest BCUT2D eigenvalue weighted by molar-refractivity contribution is -0.385. The number of carbonyl (C=O) groups is 3. The molecule has 0 saturated carbocycles. The van der Waals surface area contributed by atoms with E-state index in [0.29, 0.717) is 16.0 Å². The molecule has 18 nitrogen and oxygen atoms in total. The number of aliphatic hydroxyl groups excluding tert-OH is 1. The zero-order valence-electron chi connectivity index (χ0n) is 28.4. The molecular weight excluding hydrogens is 725 g/mol. The quantitative estimate of drug-likeness (QED) is 0.102. The van der Waals surface area contributed by atoms with Crippen LogP contribution in [0.2, 0.25) is 0 Å². The van der Waals surface area contributed by atoms with Gasteiger partial charge in [-0.25, -0.2) is 18.0 Å². The summed E-state index contributed by atoms with van der Waals surface area (Å²) in [6.07, 6.45) is 0.774. The predicted octanol–water partition coefficient (Wildman–Crippen LogP) is 3.01. The molecule has 3 aliphatic heterocycles. The molecule has 20 heteroatoms. The number of hydrazone groups is 1. The third-order valence-corrected chi connectivity index (χ3v) is 11.6. The van der Waals surface area contributed by atoms with Gasteiger partial charge in [0.05, 0.1) is 40.2 Å². The van der Waals surface area contributed by atoms with E-state index in [2.05, 4.69) is 5.10 Å². The van der Waals surface area contributed by atoms with E-state index in [1.807, 2.05) is 6.92 Å². The van der Waals surface area contributed by atoms with Crippen LogP contribution in [-0.4, -0.2) is 105 Å². The van der Waals surface area contributed by atoms with Gasteiger partial charge < -0.3 is 19.5 Å². The van der Waals surface area contributed by atoms with Crippen molar-refractivity contribution in [2.45, 2.75) is 56.9 Å². The van der Waals surface area contributed by atoms with Crippen molar-refractivity contribution >= 4 is 57.3 Å². The predicted molar refractivity (Wildman–Crippen MR) is 186 cm³/mol. The summed E-state index contributed by atoms with van der Waals surface area (Å²) in [5.41, 5.74) is 0.721. The summed E-state index contributed by atoms with van der Waals surface area (Å²) in [4.78, 5) is 64.4. The molecule has 0 aromatic heterocycles. The van der Waals surface area contributed by atoms with E-state index in [0.717, 1.165) is 10.7 Å². The Morgan fingerprint density at radius 1 is 1.06 bits per heavy atom. The molecule has 2 aromatic rings. The molecule has 0 bridgehead atoms. The Morgan fingerprint density at radius 2 is 1.60 bits per heavy atom. The molecule has 0 aliphatic carbocycles. The number of fused-ring (bicyclic) bond motifs is 1. The molecule has 6 atom stereocenters. The molecule has 1 N–H and O–H groups in total. The van der Waals surface area contributed by atoms with Gasteiger partial charge in [-0.2, -0.15) is 9.52 Å². The topological polar surface area (TPSA) is 232 Å². The maximum atomic E-state index is 13.7. The normalized spacial score (nSPS) is 23.3. The van der Waals surface area contributed by atoms with Crippen LogP contribution < -0.4 is 0 Å².